The van der Waals surface area contributed by atoms with Crippen LogP contribution in [0.3, 0.4) is 0 Å². The topological polar surface area (TPSA) is 124 Å². The molecule has 0 saturated heterocycles. The standard InChI is InChI=1S/C12H29N5OS/c13-9-5-1-2-6-10(14)7-3-4-8-11(15)17(19)12(16)18/h10-11,19H,1-9,13-15H2,(H2,16,18). The Balaban J connectivity index is 3.49. The summed E-state index contributed by atoms with van der Waals surface area (Å²) in [5, 5.41) is 0. The van der Waals surface area contributed by atoms with E-state index in [2.05, 4.69) is 12.8 Å². The molecule has 0 radical (unpaired) electrons. The van der Waals surface area contributed by atoms with E-state index in [1.165, 1.54) is 0 Å². The first-order valence-corrected chi connectivity index (χ1v) is 7.37. The molecule has 0 spiro atoms. The van der Waals surface area contributed by atoms with Crippen molar-refractivity contribution in [2.45, 2.75) is 63.6 Å². The van der Waals surface area contributed by atoms with Gasteiger partial charge in [-0.3, -0.25) is 4.31 Å². The van der Waals surface area contributed by atoms with Crippen LogP contribution in [-0.2, 0) is 0 Å². The molecule has 0 aliphatic rings. The maximum atomic E-state index is 10.8. The van der Waals surface area contributed by atoms with E-state index >= 15 is 0 Å². The lowest BCUT2D eigenvalue weighted by molar-refractivity contribution is 0.224. The van der Waals surface area contributed by atoms with Crippen LogP contribution in [0.2, 0.25) is 0 Å². The first-order chi connectivity index (χ1) is 8.99. The molecule has 114 valence electrons. The van der Waals surface area contributed by atoms with Crippen LogP contribution in [0.15, 0.2) is 0 Å². The fourth-order valence-electron chi connectivity index (χ4n) is 1.92. The van der Waals surface area contributed by atoms with Crippen molar-refractivity contribution in [1.82, 2.24) is 4.31 Å². The lowest BCUT2D eigenvalue weighted by atomic mass is 10.0. The van der Waals surface area contributed by atoms with Crippen LogP contribution in [0.1, 0.15) is 51.4 Å². The summed E-state index contributed by atoms with van der Waals surface area (Å²) in [5.74, 6) is 0. The third kappa shape index (κ3) is 10.0. The summed E-state index contributed by atoms with van der Waals surface area (Å²) < 4.78 is 1.06. The van der Waals surface area contributed by atoms with Crippen molar-refractivity contribution in [3.05, 3.63) is 0 Å². The van der Waals surface area contributed by atoms with E-state index in [1.807, 2.05) is 0 Å². The van der Waals surface area contributed by atoms with Crippen molar-refractivity contribution in [3.8, 4) is 0 Å². The summed E-state index contributed by atoms with van der Waals surface area (Å²) in [6.45, 7) is 0.757. The second-order valence-corrected chi connectivity index (χ2v) is 5.36. The van der Waals surface area contributed by atoms with Crippen LogP contribution in [0.4, 0.5) is 4.79 Å². The van der Waals surface area contributed by atoms with Gasteiger partial charge < -0.3 is 22.9 Å². The van der Waals surface area contributed by atoms with Gasteiger partial charge >= 0.3 is 6.03 Å². The highest BCUT2D eigenvalue weighted by atomic mass is 32.1. The van der Waals surface area contributed by atoms with Gasteiger partial charge in [0.2, 0.25) is 0 Å². The minimum Gasteiger partial charge on any atom is -0.351 e. The van der Waals surface area contributed by atoms with Gasteiger partial charge in [-0.05, 0) is 38.6 Å². The van der Waals surface area contributed by atoms with Gasteiger partial charge in [-0.2, -0.15) is 0 Å². The lowest BCUT2D eigenvalue weighted by Crippen LogP contribution is -2.42. The number of carbonyl (C=O) groups is 1. The van der Waals surface area contributed by atoms with Gasteiger partial charge in [-0.15, -0.1) is 0 Å². The Kier molecular flexibility index (Phi) is 11.0. The Labute approximate surface area is 121 Å². The average Bonchev–Trinajstić information content (AvgIpc) is 2.38. The highest BCUT2D eigenvalue weighted by Crippen LogP contribution is 2.11. The maximum absolute atomic E-state index is 10.8. The van der Waals surface area contributed by atoms with Crippen LogP contribution in [-0.4, -0.2) is 29.1 Å². The first-order valence-electron chi connectivity index (χ1n) is 6.97. The van der Waals surface area contributed by atoms with E-state index in [0.29, 0.717) is 6.42 Å². The van der Waals surface area contributed by atoms with Crippen LogP contribution in [0.25, 0.3) is 0 Å². The van der Waals surface area contributed by atoms with Crippen molar-refractivity contribution in [1.29, 1.82) is 0 Å². The molecule has 0 rings (SSSR count). The van der Waals surface area contributed by atoms with E-state index < -0.39 is 12.2 Å². The maximum Gasteiger partial charge on any atom is 0.326 e. The number of hydrogen-bond acceptors (Lipinski definition) is 5. The molecule has 0 aromatic rings. The van der Waals surface area contributed by atoms with Crippen molar-refractivity contribution in [2.24, 2.45) is 22.9 Å². The van der Waals surface area contributed by atoms with E-state index in [9.17, 15) is 4.79 Å². The minimum atomic E-state index is -0.618. The number of nitrogens with two attached hydrogens (primary N) is 4. The lowest BCUT2D eigenvalue weighted by Gasteiger charge is -2.21. The molecule has 0 bridgehead atoms. The zero-order chi connectivity index (χ0) is 14.7. The largest absolute Gasteiger partial charge is 0.351 e. The van der Waals surface area contributed by atoms with Gasteiger partial charge in [-0.1, -0.05) is 32.1 Å². The molecule has 0 saturated carbocycles. The van der Waals surface area contributed by atoms with E-state index in [0.717, 1.165) is 55.8 Å². The molecule has 0 aromatic heterocycles. The summed E-state index contributed by atoms with van der Waals surface area (Å²) >= 11 is 3.93. The van der Waals surface area contributed by atoms with Gasteiger partial charge in [0.05, 0.1) is 6.17 Å². The molecule has 7 heteroatoms. The highest BCUT2D eigenvalue weighted by Gasteiger charge is 2.13. The number of hydrogen-bond donors (Lipinski definition) is 5. The molecular weight excluding hydrogens is 262 g/mol. The number of carbonyl (C=O) groups excluding carboxylic acids is 1. The Morgan fingerprint density at radius 3 is 2.05 bits per heavy atom. The van der Waals surface area contributed by atoms with E-state index in [1.54, 1.807) is 0 Å². The van der Waals surface area contributed by atoms with Crippen LogP contribution < -0.4 is 22.9 Å². The Bertz CT molecular complexity index is 242. The smallest absolute Gasteiger partial charge is 0.326 e. The summed E-state index contributed by atoms with van der Waals surface area (Å²) in [7, 11) is 0. The number of amides is 2. The molecule has 8 N–H and O–H groups in total. The Morgan fingerprint density at radius 2 is 1.53 bits per heavy atom. The molecule has 0 heterocycles. The number of nitrogens with zero attached hydrogens (tertiary/aromatic N) is 1. The van der Waals surface area contributed by atoms with Crippen molar-refractivity contribution in [3.63, 3.8) is 0 Å². The molecule has 2 unspecified atom stereocenters. The quantitative estimate of drug-likeness (QED) is 0.220. The fourth-order valence-corrected chi connectivity index (χ4v) is 2.03. The van der Waals surface area contributed by atoms with Crippen molar-refractivity contribution < 1.29 is 4.79 Å². The molecule has 2 atom stereocenters. The second-order valence-electron chi connectivity index (χ2n) is 4.93. The first kappa shape index (κ1) is 18.5. The average molecular weight is 291 g/mol. The number of rotatable bonds is 11. The van der Waals surface area contributed by atoms with Gasteiger partial charge in [0.15, 0.2) is 0 Å². The monoisotopic (exact) mass is 291 g/mol. The van der Waals surface area contributed by atoms with Crippen molar-refractivity contribution >= 4 is 18.8 Å². The molecular formula is C12H29N5OS. The highest BCUT2D eigenvalue weighted by molar-refractivity contribution is 7.78. The molecule has 0 aliphatic heterocycles. The zero-order valence-electron chi connectivity index (χ0n) is 11.6. The van der Waals surface area contributed by atoms with Crippen LogP contribution >= 0.6 is 12.8 Å². The van der Waals surface area contributed by atoms with Crippen LogP contribution in [0.5, 0.6) is 0 Å². The summed E-state index contributed by atoms with van der Waals surface area (Å²) in [6.07, 6.45) is 7.59. The van der Waals surface area contributed by atoms with Gasteiger partial charge in [0, 0.05) is 6.04 Å². The second kappa shape index (κ2) is 11.3. The van der Waals surface area contributed by atoms with Gasteiger partial charge in [0.25, 0.3) is 0 Å². The predicted molar refractivity (Wildman–Crippen MR) is 82.3 cm³/mol. The number of unbranched alkanes of at least 4 members (excludes halogenated alkanes) is 3. The SMILES string of the molecule is NCCCCCC(N)CCCCC(N)N(S)C(N)=O. The molecule has 0 fully saturated rings. The molecule has 0 aromatic carbocycles. The normalized spacial score (nSPS) is 14.1. The van der Waals surface area contributed by atoms with Crippen LogP contribution in [0, 0.1) is 0 Å². The number of urea groups is 1. The number of thiol groups is 1. The molecule has 6 nitrogen and oxygen atoms in total. The molecule has 19 heavy (non-hydrogen) atoms. The summed E-state index contributed by atoms with van der Waals surface area (Å²) in [5.41, 5.74) is 22.3. The Hall–Kier alpha value is -0.500. The predicted octanol–water partition coefficient (Wildman–Crippen LogP) is 0.904. The Morgan fingerprint density at radius 1 is 1.00 bits per heavy atom. The zero-order valence-corrected chi connectivity index (χ0v) is 12.5. The van der Waals surface area contributed by atoms with Gasteiger partial charge in [0.1, 0.15) is 0 Å². The molecule has 0 aliphatic carbocycles. The fraction of sp³-hybridized carbons (Fsp3) is 0.917. The summed E-state index contributed by atoms with van der Waals surface area (Å²) in [6, 6.07) is -0.371. The van der Waals surface area contributed by atoms with Gasteiger partial charge in [-0.25, -0.2) is 4.79 Å². The molecule has 2 amide bonds. The third-order valence-corrected chi connectivity index (χ3v) is 3.64. The van der Waals surface area contributed by atoms with Crippen molar-refractivity contribution in [2.75, 3.05) is 6.54 Å². The third-order valence-electron chi connectivity index (χ3n) is 3.14. The van der Waals surface area contributed by atoms with E-state index in [-0.39, 0.29) is 6.04 Å². The number of primary amides is 1. The summed E-state index contributed by atoms with van der Waals surface area (Å²) in [4.78, 5) is 10.8. The van der Waals surface area contributed by atoms with E-state index in [4.69, 9.17) is 22.9 Å². The minimum absolute atomic E-state index is 0.247.